The van der Waals surface area contributed by atoms with E-state index in [1.54, 1.807) is 4.90 Å². The van der Waals surface area contributed by atoms with Gasteiger partial charge in [0.05, 0.1) is 44.1 Å². The van der Waals surface area contributed by atoms with Crippen molar-refractivity contribution >= 4 is 94.5 Å². The van der Waals surface area contributed by atoms with E-state index in [-0.39, 0.29) is 135 Å². The molecular formula is C108H150N20O14S. The molecule has 1 unspecified atom stereocenters. The monoisotopic (exact) mass is 1980 g/mol. The summed E-state index contributed by atoms with van der Waals surface area (Å²) in [6, 6.07) is 64.3. The van der Waals surface area contributed by atoms with E-state index in [2.05, 4.69) is 27.8 Å². The molecule has 0 saturated carbocycles. The number of hydrogen-bond acceptors (Lipinski definition) is 21. The molecule has 14 amide bonds. The van der Waals surface area contributed by atoms with E-state index in [4.69, 9.17) is 28.7 Å². The van der Waals surface area contributed by atoms with E-state index >= 15 is 0 Å². The highest BCUT2D eigenvalue weighted by Crippen LogP contribution is 2.34. The highest BCUT2D eigenvalue weighted by molar-refractivity contribution is 8.00. The first-order chi connectivity index (χ1) is 69.1. The second-order valence-electron chi connectivity index (χ2n) is 36.2. The number of nitrogens with one attached hydrogen (secondary N) is 4. The van der Waals surface area contributed by atoms with Gasteiger partial charge in [-0.1, -0.05) is 225 Å². The predicted molar refractivity (Wildman–Crippen MR) is 555 cm³/mol. The lowest BCUT2D eigenvalue weighted by Gasteiger charge is -2.32. The van der Waals surface area contributed by atoms with Crippen LogP contribution in [-0.4, -0.2) is 297 Å². The van der Waals surface area contributed by atoms with Crippen molar-refractivity contribution in [2.75, 3.05) is 137 Å². The minimum absolute atomic E-state index is 0.0261. The van der Waals surface area contributed by atoms with Gasteiger partial charge in [0.25, 0.3) is 0 Å². The molecule has 0 aliphatic carbocycles. The van der Waals surface area contributed by atoms with Crippen molar-refractivity contribution in [3.8, 4) is 0 Å². The lowest BCUT2D eigenvalue weighted by molar-refractivity contribution is -0.149. The first-order valence-electron chi connectivity index (χ1n) is 49.9. The zero-order chi connectivity index (χ0) is 103. The molecule has 0 radical (unpaired) electrons. The number of nitrogens with two attached hydrogens (primary N) is 5. The fraction of sp³-hybridized carbons (Fsp3) is 0.463. The van der Waals surface area contributed by atoms with Crippen molar-refractivity contribution in [1.82, 2.24) is 75.2 Å². The van der Waals surface area contributed by atoms with Gasteiger partial charge in [0, 0.05) is 116 Å². The Hall–Kier alpha value is -13.4. The summed E-state index contributed by atoms with van der Waals surface area (Å²) in [5, 5.41) is 13.0. The van der Waals surface area contributed by atoms with Crippen LogP contribution >= 0.6 is 11.8 Å². The molecule has 2 heterocycles. The van der Waals surface area contributed by atoms with Gasteiger partial charge < -0.3 is 104 Å². The molecule has 35 heteroatoms. The number of rotatable bonds is 63. The van der Waals surface area contributed by atoms with Crippen molar-refractivity contribution in [3.05, 3.63) is 264 Å². The number of nitrogens with zero attached hydrogens (tertiary/aromatic N) is 11. The SMILES string of the molecule is C=C1N[C@H]2CSC(CCCCC(=O)NCCCC[C@H](NC(=O)CN(Cc3ccccc3)C(=O)CN(Cc3ccccc3)C(=O)CN(CCCCN)C(=O)CN(Cc3ccccc3)C(C)=O)C(N)=O)[C@H]2N1.CCN(CCCCN)C(=O)CN(Cc1ccccc1)C(=O)CN(Cc1ccccc1)C(=O)CN(CCCCN)C(=O)CN(Cc1ccccc1)C(=O)CN(CCCCN)C(=O)CN(Cc1ccccc1)C(C)=O. The highest BCUT2D eigenvalue weighted by Gasteiger charge is 2.41. The summed E-state index contributed by atoms with van der Waals surface area (Å²) in [7, 11) is 0. The first kappa shape index (κ1) is 115. The summed E-state index contributed by atoms with van der Waals surface area (Å²) >= 11 is 1.96. The summed E-state index contributed by atoms with van der Waals surface area (Å²) in [5.74, 6) is -4.13. The number of unbranched alkanes of at least 4 members (excludes halogenated alkanes) is 6. The van der Waals surface area contributed by atoms with E-state index in [1.807, 2.05) is 231 Å². The molecule has 4 atom stereocenters. The maximum absolute atomic E-state index is 14.7. The van der Waals surface area contributed by atoms with Gasteiger partial charge in [0.15, 0.2) is 0 Å². The van der Waals surface area contributed by atoms with Crippen LogP contribution in [0.15, 0.2) is 225 Å². The third kappa shape index (κ3) is 42.4. The van der Waals surface area contributed by atoms with Crippen molar-refractivity contribution in [2.45, 2.75) is 186 Å². The van der Waals surface area contributed by atoms with E-state index in [0.717, 1.165) is 82.6 Å². The summed E-state index contributed by atoms with van der Waals surface area (Å²) in [5.41, 5.74) is 34.4. The molecule has 2 fully saturated rings. The van der Waals surface area contributed by atoms with Crippen LogP contribution in [0.25, 0.3) is 0 Å². The van der Waals surface area contributed by atoms with E-state index in [0.29, 0.717) is 121 Å². The van der Waals surface area contributed by atoms with Crippen LogP contribution in [-0.2, 0) is 113 Å². The molecule has 7 aromatic rings. The number of primary amides is 1. The highest BCUT2D eigenvalue weighted by atomic mass is 32.2. The average Bonchev–Trinajstić information content (AvgIpc) is 1.67. The van der Waals surface area contributed by atoms with Crippen LogP contribution in [0, 0.1) is 0 Å². The van der Waals surface area contributed by atoms with Crippen LogP contribution in [0.4, 0.5) is 0 Å². The molecule has 772 valence electrons. The molecule has 0 bridgehead atoms. The van der Waals surface area contributed by atoms with Gasteiger partial charge in [0.1, 0.15) is 45.3 Å². The minimum Gasteiger partial charge on any atom is -0.368 e. The molecule has 14 N–H and O–H groups in total. The van der Waals surface area contributed by atoms with Gasteiger partial charge in [-0.2, -0.15) is 11.8 Å². The van der Waals surface area contributed by atoms with E-state index in [1.165, 1.54) is 62.8 Å². The molecule has 0 aromatic heterocycles. The Morgan fingerprint density at radius 2 is 0.622 bits per heavy atom. The van der Waals surface area contributed by atoms with Gasteiger partial charge in [-0.3, -0.25) is 67.1 Å². The van der Waals surface area contributed by atoms with Gasteiger partial charge in [-0.25, -0.2) is 0 Å². The fourth-order valence-electron chi connectivity index (χ4n) is 16.7. The van der Waals surface area contributed by atoms with Crippen molar-refractivity contribution in [2.24, 2.45) is 28.7 Å². The Bertz CT molecular complexity index is 5110. The molecule has 143 heavy (non-hydrogen) atoms. The molecule has 0 spiro atoms. The molecule has 2 saturated heterocycles. The zero-order valence-corrected chi connectivity index (χ0v) is 84.4. The number of fused-ring (bicyclic) bond motifs is 1. The minimum atomic E-state index is -1.02. The summed E-state index contributed by atoms with van der Waals surface area (Å²) in [6.07, 6.45) is 9.25. The molecule has 2 aliphatic rings. The molecule has 34 nitrogen and oxygen atoms in total. The Balaban J connectivity index is 0.000000350. The third-order valence-electron chi connectivity index (χ3n) is 24.8. The Labute approximate surface area is 847 Å². The largest absolute Gasteiger partial charge is 0.368 e. The first-order valence-corrected chi connectivity index (χ1v) is 51.0. The second-order valence-corrected chi connectivity index (χ2v) is 37.5. The number of likely N-dealkylation sites (N-methyl/N-ethyl adjacent to an activating group) is 1. The van der Waals surface area contributed by atoms with Gasteiger partial charge >= 0.3 is 0 Å². The summed E-state index contributed by atoms with van der Waals surface area (Å²) in [4.78, 5) is 209. The van der Waals surface area contributed by atoms with Crippen LogP contribution in [0.1, 0.15) is 156 Å². The van der Waals surface area contributed by atoms with Crippen LogP contribution < -0.4 is 49.9 Å². The van der Waals surface area contributed by atoms with Crippen LogP contribution in [0.3, 0.4) is 0 Å². The topological polar surface area (TPSA) is 453 Å². The number of carbonyl (C=O) groups excluding carboxylic acids is 14. The average molecular weight is 1980 g/mol. The fourth-order valence-corrected chi connectivity index (χ4v) is 18.2. The number of hydrogen-bond donors (Lipinski definition) is 9. The number of thioether (sulfide) groups is 1. The van der Waals surface area contributed by atoms with Crippen molar-refractivity contribution < 1.29 is 67.1 Å². The van der Waals surface area contributed by atoms with E-state index < -0.39 is 91.3 Å². The summed E-state index contributed by atoms with van der Waals surface area (Å²) < 4.78 is 0. The van der Waals surface area contributed by atoms with Crippen molar-refractivity contribution in [3.63, 3.8) is 0 Å². The Kier molecular flexibility index (Phi) is 51.6. The second kappa shape index (κ2) is 64.2. The quantitative estimate of drug-likeness (QED) is 0.0176. The Morgan fingerprint density at radius 3 is 0.923 bits per heavy atom. The predicted octanol–water partition coefficient (Wildman–Crippen LogP) is 6.84. The van der Waals surface area contributed by atoms with Crippen LogP contribution in [0.5, 0.6) is 0 Å². The maximum atomic E-state index is 14.7. The lowest BCUT2D eigenvalue weighted by atomic mass is 10.0. The molecule has 7 aromatic carbocycles. The number of benzene rings is 7. The van der Waals surface area contributed by atoms with Crippen molar-refractivity contribution in [1.29, 1.82) is 0 Å². The standard InChI is InChI=1S/C56H78N10O7.C52H72N10O7S/c1-3-60(33-19-16-30-57)51(68)43-64(37-48-24-10-5-11-25-48)56(73)45-66(39-50-28-14-7-15-29-50)55(72)41-62(35-21-18-32-59)53(70)44-65(38-49-26-12-6-13-27-49)54(71)40-61(34-20-17-31-58)52(69)42-63(46(2)67)36-47-22-8-4-9-23-47;1-38-56-44-37-70-45(51(44)57-38)25-12-13-26-46(64)55-28-16-14-24-43(52(54)69)58-47(65)33-61(31-41-20-8-4-9-21-41)50(68)36-62(32-42-22-10-5-11-23-42)49(67)34-59(29-17-15-27-53)48(66)35-60(39(2)63)30-40-18-6-3-7-19-40/h4-15,22-29H,3,16-21,30-45,57-59H2,1-2H3;3-11,18-23,43-45,51,56-57H,1,12-17,24-37,53H2,2H3,(H2,54,69)(H,55,64)(H,58,65)/t;43-,44-,45?,51-/m.0/s1. The molecule has 9 rings (SSSR count). The van der Waals surface area contributed by atoms with E-state index in [9.17, 15) is 67.1 Å². The molecule has 2 aliphatic heterocycles. The zero-order valence-electron chi connectivity index (χ0n) is 83.6. The lowest BCUT2D eigenvalue weighted by Crippen LogP contribution is -2.51. The smallest absolute Gasteiger partial charge is 0.242 e. The third-order valence-corrected chi connectivity index (χ3v) is 26.4. The van der Waals surface area contributed by atoms with Gasteiger partial charge in [0.2, 0.25) is 82.7 Å². The van der Waals surface area contributed by atoms with Gasteiger partial charge in [-0.15, -0.1) is 0 Å². The van der Waals surface area contributed by atoms with Gasteiger partial charge in [-0.05, 0) is 156 Å². The normalized spacial score (nSPS) is 13.4. The Morgan fingerprint density at radius 1 is 0.343 bits per heavy atom. The van der Waals surface area contributed by atoms with Crippen LogP contribution in [0.2, 0.25) is 0 Å². The summed E-state index contributed by atoms with van der Waals surface area (Å²) in [6.45, 7) is 9.36. The maximum Gasteiger partial charge on any atom is 0.242 e. The number of amides is 14. The molecular weight excluding hydrogens is 1830 g/mol. The number of carbonyl (C=O) groups is 14.